The summed E-state index contributed by atoms with van der Waals surface area (Å²) in [7, 11) is 0. The number of unbranched alkanes of at least 4 members (excludes halogenated alkanes) is 1. The highest BCUT2D eigenvalue weighted by Gasteiger charge is 2.23. The van der Waals surface area contributed by atoms with Gasteiger partial charge in [-0.25, -0.2) is 0 Å². The Kier molecular flexibility index (Phi) is 6.31. The Bertz CT molecular complexity index is 149. The van der Waals surface area contributed by atoms with Crippen LogP contribution in [0.3, 0.4) is 0 Å². The smallest absolute Gasteiger partial charge is 0.0570 e. The third kappa shape index (κ3) is 4.55. The van der Waals surface area contributed by atoms with Crippen molar-refractivity contribution in [1.82, 2.24) is 0 Å². The van der Waals surface area contributed by atoms with Gasteiger partial charge < -0.3 is 5.11 Å². The highest BCUT2D eigenvalue weighted by Crippen LogP contribution is 2.31. The van der Waals surface area contributed by atoms with Crippen LogP contribution in [0.2, 0.25) is 0 Å². The predicted octanol–water partition coefficient (Wildman–Crippen LogP) is 4.14. The predicted molar refractivity (Wildman–Crippen MR) is 65.9 cm³/mol. The Morgan fingerprint density at radius 2 is 1.87 bits per heavy atom. The lowest BCUT2D eigenvalue weighted by Crippen LogP contribution is -2.22. The van der Waals surface area contributed by atoms with Crippen LogP contribution in [0.5, 0.6) is 0 Å². The lowest BCUT2D eigenvalue weighted by Gasteiger charge is -2.24. The summed E-state index contributed by atoms with van der Waals surface area (Å²) in [5.41, 5.74) is 0. The van der Waals surface area contributed by atoms with Gasteiger partial charge in [-0.15, -0.1) is 0 Å². The molecule has 1 fully saturated rings. The maximum Gasteiger partial charge on any atom is 0.0570 e. The quantitative estimate of drug-likeness (QED) is 0.672. The van der Waals surface area contributed by atoms with E-state index < -0.39 is 0 Å². The molecule has 1 heteroatoms. The molecule has 1 N–H and O–H groups in total. The van der Waals surface area contributed by atoms with E-state index in [1.54, 1.807) is 0 Å². The summed E-state index contributed by atoms with van der Waals surface area (Å²) in [5, 5.41) is 10.2. The standard InChI is InChI=1S/C14H28O/c1-3-5-10-13(4-2)14(15)11-12-8-6-7-9-12/h12-15H,3-11H2,1-2H3. The zero-order chi connectivity index (χ0) is 11.1. The minimum atomic E-state index is -0.0235. The van der Waals surface area contributed by atoms with Gasteiger partial charge in [-0.3, -0.25) is 0 Å². The fraction of sp³-hybridized carbons (Fsp3) is 1.00. The normalized spacial score (nSPS) is 21.8. The van der Waals surface area contributed by atoms with Crippen LogP contribution in [0.15, 0.2) is 0 Å². The molecule has 1 nitrogen and oxygen atoms in total. The summed E-state index contributed by atoms with van der Waals surface area (Å²) in [4.78, 5) is 0. The fourth-order valence-electron chi connectivity index (χ4n) is 2.91. The molecule has 2 atom stereocenters. The molecule has 0 bridgehead atoms. The van der Waals surface area contributed by atoms with Crippen LogP contribution in [-0.2, 0) is 0 Å². The van der Waals surface area contributed by atoms with E-state index >= 15 is 0 Å². The van der Waals surface area contributed by atoms with Gasteiger partial charge >= 0.3 is 0 Å². The lowest BCUT2D eigenvalue weighted by molar-refractivity contribution is 0.0745. The number of aliphatic hydroxyl groups is 1. The molecule has 0 aromatic rings. The van der Waals surface area contributed by atoms with E-state index in [4.69, 9.17) is 0 Å². The Balaban J connectivity index is 2.24. The van der Waals surface area contributed by atoms with Gasteiger partial charge in [0.25, 0.3) is 0 Å². The summed E-state index contributed by atoms with van der Waals surface area (Å²) in [5.74, 6) is 1.39. The Labute approximate surface area is 95.3 Å². The van der Waals surface area contributed by atoms with Crippen LogP contribution in [0, 0.1) is 11.8 Å². The number of aliphatic hydroxyl groups excluding tert-OH is 1. The van der Waals surface area contributed by atoms with Crippen LogP contribution in [-0.4, -0.2) is 11.2 Å². The molecule has 0 aromatic heterocycles. The maximum absolute atomic E-state index is 10.2. The monoisotopic (exact) mass is 212 g/mol. The summed E-state index contributed by atoms with van der Waals surface area (Å²) in [6.07, 6.45) is 11.5. The molecule has 0 amide bonds. The van der Waals surface area contributed by atoms with Crippen LogP contribution < -0.4 is 0 Å². The van der Waals surface area contributed by atoms with Crippen molar-refractivity contribution in [2.75, 3.05) is 0 Å². The zero-order valence-corrected chi connectivity index (χ0v) is 10.5. The Morgan fingerprint density at radius 3 is 2.40 bits per heavy atom. The summed E-state index contributed by atoms with van der Waals surface area (Å²) in [6, 6.07) is 0. The zero-order valence-electron chi connectivity index (χ0n) is 10.5. The first-order chi connectivity index (χ1) is 7.27. The van der Waals surface area contributed by atoms with Crippen molar-refractivity contribution >= 4 is 0 Å². The molecule has 0 spiro atoms. The van der Waals surface area contributed by atoms with Gasteiger partial charge in [0.05, 0.1) is 6.10 Å². The van der Waals surface area contributed by atoms with E-state index in [1.165, 1.54) is 44.9 Å². The lowest BCUT2D eigenvalue weighted by atomic mass is 9.87. The van der Waals surface area contributed by atoms with Gasteiger partial charge in [-0.2, -0.15) is 0 Å². The average molecular weight is 212 g/mol. The van der Waals surface area contributed by atoms with Crippen molar-refractivity contribution < 1.29 is 5.11 Å². The minimum absolute atomic E-state index is 0.0235. The second-order valence-corrected chi connectivity index (χ2v) is 5.26. The average Bonchev–Trinajstić information content (AvgIpc) is 2.71. The second kappa shape index (κ2) is 7.27. The summed E-state index contributed by atoms with van der Waals surface area (Å²) in [6.45, 7) is 4.45. The van der Waals surface area contributed by atoms with Crippen molar-refractivity contribution in [2.24, 2.45) is 11.8 Å². The molecular formula is C14H28O. The molecular weight excluding hydrogens is 184 g/mol. The van der Waals surface area contributed by atoms with Crippen molar-refractivity contribution in [3.63, 3.8) is 0 Å². The largest absolute Gasteiger partial charge is 0.393 e. The SMILES string of the molecule is CCCCC(CC)C(O)CC1CCCC1. The van der Waals surface area contributed by atoms with Crippen molar-refractivity contribution in [3.8, 4) is 0 Å². The Morgan fingerprint density at radius 1 is 1.20 bits per heavy atom. The van der Waals surface area contributed by atoms with E-state index in [9.17, 15) is 5.11 Å². The molecule has 1 aliphatic rings. The number of rotatable bonds is 7. The molecule has 0 radical (unpaired) electrons. The Hall–Kier alpha value is -0.0400. The summed E-state index contributed by atoms with van der Waals surface area (Å²) < 4.78 is 0. The van der Waals surface area contributed by atoms with E-state index in [0.717, 1.165) is 18.8 Å². The number of hydrogen-bond acceptors (Lipinski definition) is 1. The summed E-state index contributed by atoms with van der Waals surface area (Å²) >= 11 is 0. The van der Waals surface area contributed by atoms with Crippen LogP contribution in [0.1, 0.15) is 71.6 Å². The molecule has 0 saturated heterocycles. The molecule has 1 aliphatic carbocycles. The highest BCUT2D eigenvalue weighted by atomic mass is 16.3. The van der Waals surface area contributed by atoms with E-state index in [1.807, 2.05) is 0 Å². The molecule has 0 heterocycles. The van der Waals surface area contributed by atoms with Gasteiger partial charge in [0.1, 0.15) is 0 Å². The second-order valence-electron chi connectivity index (χ2n) is 5.26. The van der Waals surface area contributed by atoms with Crippen molar-refractivity contribution in [3.05, 3.63) is 0 Å². The van der Waals surface area contributed by atoms with E-state index in [-0.39, 0.29) is 6.10 Å². The van der Waals surface area contributed by atoms with Crippen molar-refractivity contribution in [1.29, 1.82) is 0 Å². The molecule has 0 aliphatic heterocycles. The topological polar surface area (TPSA) is 20.2 Å². The molecule has 2 unspecified atom stereocenters. The van der Waals surface area contributed by atoms with Gasteiger partial charge in [0, 0.05) is 0 Å². The third-order valence-electron chi connectivity index (χ3n) is 4.05. The van der Waals surface area contributed by atoms with Crippen LogP contribution >= 0.6 is 0 Å². The first kappa shape index (κ1) is 13.0. The molecule has 1 rings (SSSR count). The molecule has 1 saturated carbocycles. The van der Waals surface area contributed by atoms with Crippen LogP contribution in [0.4, 0.5) is 0 Å². The maximum atomic E-state index is 10.2. The minimum Gasteiger partial charge on any atom is -0.393 e. The first-order valence-electron chi connectivity index (χ1n) is 6.96. The van der Waals surface area contributed by atoms with E-state index in [0.29, 0.717) is 5.92 Å². The van der Waals surface area contributed by atoms with Gasteiger partial charge in [-0.1, -0.05) is 58.8 Å². The highest BCUT2D eigenvalue weighted by molar-refractivity contribution is 4.75. The fourth-order valence-corrected chi connectivity index (χ4v) is 2.91. The van der Waals surface area contributed by atoms with Gasteiger partial charge in [-0.05, 0) is 24.7 Å². The van der Waals surface area contributed by atoms with Gasteiger partial charge in [0.2, 0.25) is 0 Å². The van der Waals surface area contributed by atoms with Gasteiger partial charge in [0.15, 0.2) is 0 Å². The van der Waals surface area contributed by atoms with Crippen LogP contribution in [0.25, 0.3) is 0 Å². The van der Waals surface area contributed by atoms with E-state index in [2.05, 4.69) is 13.8 Å². The number of hydrogen-bond donors (Lipinski definition) is 1. The first-order valence-corrected chi connectivity index (χ1v) is 6.96. The molecule has 90 valence electrons. The van der Waals surface area contributed by atoms with Crippen molar-refractivity contribution in [2.45, 2.75) is 77.7 Å². The third-order valence-corrected chi connectivity index (χ3v) is 4.05. The molecule has 15 heavy (non-hydrogen) atoms. The molecule has 0 aromatic carbocycles.